The maximum Gasteiger partial charge on any atom is 0.319 e. The van der Waals surface area contributed by atoms with Crippen LogP contribution in [0.15, 0.2) is 48.7 Å². The van der Waals surface area contributed by atoms with E-state index < -0.39 is 6.03 Å². The molecule has 2 rings (SSSR count). The molecule has 3 N–H and O–H groups in total. The van der Waals surface area contributed by atoms with Crippen LogP contribution < -0.4 is 16.0 Å². The Balaban J connectivity index is 2.07. The van der Waals surface area contributed by atoms with E-state index in [2.05, 4.69) is 20.9 Å². The number of nitrogens with one attached hydrogen (secondary N) is 3. The minimum absolute atomic E-state index is 0.235. The Morgan fingerprint density at radius 3 is 2.36 bits per heavy atom. The number of aromatic nitrogens is 1. The SMILES string of the molecule is CC(NC(=O)Nc1ccccc1C(=O)NC(C)(C)C)c1ccccn1. The van der Waals surface area contributed by atoms with Gasteiger partial charge >= 0.3 is 6.03 Å². The number of hydrogen-bond donors (Lipinski definition) is 3. The van der Waals surface area contributed by atoms with Gasteiger partial charge < -0.3 is 16.0 Å². The number of rotatable bonds is 4. The predicted molar refractivity (Wildman–Crippen MR) is 98.5 cm³/mol. The van der Waals surface area contributed by atoms with E-state index in [1.54, 1.807) is 30.5 Å². The normalized spacial score (nSPS) is 12.2. The molecule has 25 heavy (non-hydrogen) atoms. The Bertz CT molecular complexity index is 739. The maximum atomic E-state index is 12.4. The third kappa shape index (κ3) is 5.60. The van der Waals surface area contributed by atoms with Gasteiger partial charge in [-0.1, -0.05) is 18.2 Å². The molecular formula is C19H24N4O2. The first-order valence-electron chi connectivity index (χ1n) is 8.16. The van der Waals surface area contributed by atoms with Gasteiger partial charge in [-0.05, 0) is 52.0 Å². The molecule has 1 aromatic carbocycles. The van der Waals surface area contributed by atoms with Crippen LogP contribution in [-0.4, -0.2) is 22.5 Å². The maximum absolute atomic E-state index is 12.4. The van der Waals surface area contributed by atoms with Crippen molar-refractivity contribution in [1.29, 1.82) is 0 Å². The van der Waals surface area contributed by atoms with Gasteiger partial charge in [0.05, 0.1) is 23.0 Å². The summed E-state index contributed by atoms with van der Waals surface area (Å²) in [5, 5.41) is 8.45. The Hall–Kier alpha value is -2.89. The van der Waals surface area contributed by atoms with Crippen molar-refractivity contribution in [1.82, 2.24) is 15.6 Å². The molecule has 0 aliphatic carbocycles. The largest absolute Gasteiger partial charge is 0.347 e. The van der Waals surface area contributed by atoms with Crippen molar-refractivity contribution in [2.75, 3.05) is 5.32 Å². The molecular weight excluding hydrogens is 316 g/mol. The number of benzene rings is 1. The van der Waals surface area contributed by atoms with E-state index in [9.17, 15) is 9.59 Å². The molecule has 1 aromatic heterocycles. The van der Waals surface area contributed by atoms with Crippen molar-refractivity contribution in [2.24, 2.45) is 0 Å². The van der Waals surface area contributed by atoms with Crippen LogP contribution in [0.1, 0.15) is 49.8 Å². The fourth-order valence-corrected chi connectivity index (χ4v) is 2.26. The number of urea groups is 1. The molecule has 0 saturated heterocycles. The number of anilines is 1. The van der Waals surface area contributed by atoms with Gasteiger partial charge in [-0.15, -0.1) is 0 Å². The second-order valence-corrected chi connectivity index (χ2v) is 6.82. The molecule has 0 fully saturated rings. The highest BCUT2D eigenvalue weighted by Crippen LogP contribution is 2.17. The summed E-state index contributed by atoms with van der Waals surface area (Å²) < 4.78 is 0. The highest BCUT2D eigenvalue weighted by Gasteiger charge is 2.19. The Morgan fingerprint density at radius 2 is 1.72 bits per heavy atom. The molecule has 132 valence electrons. The smallest absolute Gasteiger partial charge is 0.319 e. The topological polar surface area (TPSA) is 83.1 Å². The summed E-state index contributed by atoms with van der Waals surface area (Å²) in [4.78, 5) is 28.9. The van der Waals surface area contributed by atoms with E-state index in [4.69, 9.17) is 0 Å². The monoisotopic (exact) mass is 340 g/mol. The highest BCUT2D eigenvalue weighted by atomic mass is 16.2. The standard InChI is InChI=1S/C19H24N4O2/c1-13(15-10-7-8-12-20-15)21-18(25)22-16-11-6-5-9-14(16)17(24)23-19(2,3)4/h5-13H,1-4H3,(H,23,24)(H2,21,22,25). The third-order valence-corrected chi connectivity index (χ3v) is 3.39. The van der Waals surface area contributed by atoms with Crippen LogP contribution >= 0.6 is 0 Å². The molecule has 1 atom stereocenters. The molecule has 3 amide bonds. The Kier molecular flexibility index (Phi) is 5.75. The van der Waals surface area contributed by atoms with Crippen molar-refractivity contribution in [3.05, 3.63) is 59.9 Å². The zero-order valence-corrected chi connectivity index (χ0v) is 15.0. The van der Waals surface area contributed by atoms with Gasteiger partial charge in [-0.25, -0.2) is 4.79 Å². The average Bonchev–Trinajstić information content (AvgIpc) is 2.54. The first-order valence-corrected chi connectivity index (χ1v) is 8.16. The lowest BCUT2D eigenvalue weighted by Gasteiger charge is -2.22. The number of carbonyl (C=O) groups is 2. The molecule has 1 unspecified atom stereocenters. The van der Waals surface area contributed by atoms with E-state index in [1.807, 2.05) is 45.9 Å². The molecule has 0 saturated carbocycles. The minimum Gasteiger partial charge on any atom is -0.347 e. The number of carbonyl (C=O) groups excluding carboxylic acids is 2. The zero-order valence-electron chi connectivity index (χ0n) is 15.0. The first-order chi connectivity index (χ1) is 11.8. The fourth-order valence-electron chi connectivity index (χ4n) is 2.26. The van der Waals surface area contributed by atoms with E-state index in [1.165, 1.54) is 0 Å². The van der Waals surface area contributed by atoms with Gasteiger partial charge in [-0.2, -0.15) is 0 Å². The van der Waals surface area contributed by atoms with Gasteiger partial charge in [0.15, 0.2) is 0 Å². The van der Waals surface area contributed by atoms with Crippen molar-refractivity contribution in [3.8, 4) is 0 Å². The van der Waals surface area contributed by atoms with Crippen LogP contribution in [0.2, 0.25) is 0 Å². The van der Waals surface area contributed by atoms with Crippen molar-refractivity contribution in [3.63, 3.8) is 0 Å². The zero-order chi connectivity index (χ0) is 18.4. The predicted octanol–water partition coefficient (Wildman–Crippen LogP) is 3.49. The van der Waals surface area contributed by atoms with Crippen molar-refractivity contribution >= 4 is 17.6 Å². The summed E-state index contributed by atoms with van der Waals surface area (Å²) in [6, 6.07) is 11.8. The van der Waals surface area contributed by atoms with Crippen LogP contribution in [0.3, 0.4) is 0 Å². The lowest BCUT2D eigenvalue weighted by Crippen LogP contribution is -2.41. The molecule has 2 aromatic rings. The van der Waals surface area contributed by atoms with Crippen LogP contribution in [0.25, 0.3) is 0 Å². The lowest BCUT2D eigenvalue weighted by molar-refractivity contribution is 0.0920. The van der Waals surface area contributed by atoms with E-state index >= 15 is 0 Å². The van der Waals surface area contributed by atoms with Crippen molar-refractivity contribution < 1.29 is 9.59 Å². The van der Waals surface area contributed by atoms with Crippen LogP contribution in [0.4, 0.5) is 10.5 Å². The second kappa shape index (κ2) is 7.79. The highest BCUT2D eigenvalue weighted by molar-refractivity contribution is 6.03. The van der Waals surface area contributed by atoms with E-state index in [0.29, 0.717) is 11.3 Å². The molecule has 0 aliphatic rings. The first kappa shape index (κ1) is 18.4. The summed E-state index contributed by atoms with van der Waals surface area (Å²) >= 11 is 0. The summed E-state index contributed by atoms with van der Waals surface area (Å²) in [7, 11) is 0. The number of nitrogens with zero attached hydrogens (tertiary/aromatic N) is 1. The number of hydrogen-bond acceptors (Lipinski definition) is 3. The molecule has 0 bridgehead atoms. The summed E-state index contributed by atoms with van der Waals surface area (Å²) in [6.45, 7) is 7.56. The molecule has 6 nitrogen and oxygen atoms in total. The molecule has 0 spiro atoms. The van der Waals surface area contributed by atoms with E-state index in [0.717, 1.165) is 5.69 Å². The average molecular weight is 340 g/mol. The summed E-state index contributed by atoms with van der Waals surface area (Å²) in [6.07, 6.45) is 1.68. The Morgan fingerprint density at radius 1 is 1.04 bits per heavy atom. The van der Waals surface area contributed by atoms with Crippen molar-refractivity contribution in [2.45, 2.75) is 39.3 Å². The fraction of sp³-hybridized carbons (Fsp3) is 0.316. The van der Waals surface area contributed by atoms with Crippen LogP contribution in [0, 0.1) is 0 Å². The second-order valence-electron chi connectivity index (χ2n) is 6.82. The molecule has 0 aliphatic heterocycles. The molecule has 0 radical (unpaired) electrons. The van der Waals surface area contributed by atoms with Gasteiger partial charge in [-0.3, -0.25) is 9.78 Å². The minimum atomic E-state index is -0.394. The Labute approximate surface area is 148 Å². The summed E-state index contributed by atoms with van der Waals surface area (Å²) in [5.41, 5.74) is 1.27. The van der Waals surface area contributed by atoms with E-state index in [-0.39, 0.29) is 17.5 Å². The van der Waals surface area contributed by atoms with Gasteiger partial charge in [0.1, 0.15) is 0 Å². The van der Waals surface area contributed by atoms with Crippen LogP contribution in [-0.2, 0) is 0 Å². The number of pyridine rings is 1. The quantitative estimate of drug-likeness (QED) is 0.796. The third-order valence-electron chi connectivity index (χ3n) is 3.39. The van der Waals surface area contributed by atoms with Gasteiger partial charge in [0.25, 0.3) is 5.91 Å². The molecule has 1 heterocycles. The van der Waals surface area contributed by atoms with Gasteiger partial charge in [0.2, 0.25) is 0 Å². The number of para-hydroxylation sites is 1. The summed E-state index contributed by atoms with van der Waals surface area (Å²) in [5.74, 6) is -0.235. The van der Waals surface area contributed by atoms with Gasteiger partial charge in [0, 0.05) is 11.7 Å². The number of amides is 3. The lowest BCUT2D eigenvalue weighted by atomic mass is 10.1. The molecule has 6 heteroatoms. The van der Waals surface area contributed by atoms with Crippen LogP contribution in [0.5, 0.6) is 0 Å².